The molecule has 0 saturated carbocycles. The molecule has 0 heterocycles. The van der Waals surface area contributed by atoms with Crippen molar-refractivity contribution in [1.29, 1.82) is 0 Å². The minimum atomic E-state index is 0. The van der Waals surface area contributed by atoms with Crippen LogP contribution in [-0.4, -0.2) is 0 Å². The van der Waals surface area contributed by atoms with Gasteiger partial charge in [-0.15, -0.1) is 0 Å². The normalized spacial score (nSPS) is 6.86. The van der Waals surface area contributed by atoms with Crippen LogP contribution in [0.2, 0.25) is 0 Å². The molecule has 0 fully saturated rings. The van der Waals surface area contributed by atoms with Crippen molar-refractivity contribution in [2.75, 3.05) is 0 Å². The molecule has 0 N–H and O–H groups in total. The molecule has 1 rings (SSSR count). The molecular formula is C7H10. The molecule has 1 aromatic rings. The highest BCUT2D eigenvalue weighted by atomic mass is 13.6. The summed E-state index contributed by atoms with van der Waals surface area (Å²) >= 11 is 0. The third-order valence-corrected chi connectivity index (χ3v) is 0.667. The predicted molar refractivity (Wildman–Crippen MR) is 33.2 cm³/mol. The van der Waals surface area contributed by atoms with Crippen LogP contribution in [0.5, 0.6) is 0 Å². The van der Waals surface area contributed by atoms with Crippen molar-refractivity contribution < 1.29 is 0 Å². The predicted octanol–water partition coefficient (Wildman–Crippen LogP) is 2.32. The van der Waals surface area contributed by atoms with Gasteiger partial charge in [-0.05, 0) is 0 Å². The van der Waals surface area contributed by atoms with Crippen molar-refractivity contribution in [2.45, 2.75) is 7.43 Å². The maximum absolute atomic E-state index is 2.00. The van der Waals surface area contributed by atoms with Crippen LogP contribution in [0.4, 0.5) is 0 Å². The summed E-state index contributed by atoms with van der Waals surface area (Å²) in [5.74, 6) is 0. The lowest BCUT2D eigenvalue weighted by atomic mass is 10.4. The second-order valence-electron chi connectivity index (χ2n) is 1.15. The number of hydrogen-bond acceptors (Lipinski definition) is 0. The van der Waals surface area contributed by atoms with Crippen LogP contribution in [0.3, 0.4) is 0 Å². The average Bonchev–Trinajstić information content (AvgIpc) is 1.72. The Labute approximate surface area is 44.8 Å². The third kappa shape index (κ3) is 1.99. The Morgan fingerprint density at radius 2 is 0.571 bits per heavy atom. The monoisotopic (exact) mass is 94.1 g/mol. The van der Waals surface area contributed by atoms with Gasteiger partial charge in [0.25, 0.3) is 0 Å². The Balaban J connectivity index is 0.000000360. The van der Waals surface area contributed by atoms with Crippen LogP contribution >= 0.6 is 0 Å². The summed E-state index contributed by atoms with van der Waals surface area (Å²) in [4.78, 5) is 0. The third-order valence-electron chi connectivity index (χ3n) is 0.667. The maximum Gasteiger partial charge on any atom is -0.0623 e. The molecule has 0 spiro atoms. The Hall–Kier alpha value is -0.780. The van der Waals surface area contributed by atoms with Crippen molar-refractivity contribution in [1.82, 2.24) is 0 Å². The lowest BCUT2D eigenvalue weighted by Crippen LogP contribution is -1.47. The SMILES string of the molecule is C.c1ccccc1. The van der Waals surface area contributed by atoms with Crippen molar-refractivity contribution in [3.8, 4) is 0 Å². The lowest BCUT2D eigenvalue weighted by Gasteiger charge is -1.69. The fourth-order valence-electron chi connectivity index (χ4n) is 0.385. The highest BCUT2D eigenvalue weighted by Gasteiger charge is 1.57. The minimum absolute atomic E-state index is 0. The molecule has 0 aliphatic heterocycles. The molecule has 1 aromatic carbocycles. The summed E-state index contributed by atoms with van der Waals surface area (Å²) in [6.45, 7) is 0. The molecule has 0 unspecified atom stereocenters. The van der Waals surface area contributed by atoms with E-state index in [-0.39, 0.29) is 7.43 Å². The van der Waals surface area contributed by atoms with Gasteiger partial charge in [0.15, 0.2) is 0 Å². The summed E-state index contributed by atoms with van der Waals surface area (Å²) in [6, 6.07) is 12.0. The first-order valence-electron chi connectivity index (χ1n) is 2.00. The van der Waals surface area contributed by atoms with E-state index in [1.54, 1.807) is 0 Å². The zero-order valence-corrected chi connectivity index (χ0v) is 3.46. The quantitative estimate of drug-likeness (QED) is 0.463. The first-order chi connectivity index (χ1) is 3.00. The van der Waals surface area contributed by atoms with Crippen LogP contribution in [0.25, 0.3) is 0 Å². The van der Waals surface area contributed by atoms with Crippen LogP contribution < -0.4 is 0 Å². The molecular weight excluding hydrogens is 84.1 g/mol. The number of rotatable bonds is 0. The van der Waals surface area contributed by atoms with Gasteiger partial charge in [-0.3, -0.25) is 0 Å². The summed E-state index contributed by atoms with van der Waals surface area (Å²) in [6.07, 6.45) is 0. The highest BCUT2D eigenvalue weighted by molar-refractivity contribution is 4.99. The van der Waals surface area contributed by atoms with Crippen molar-refractivity contribution in [3.63, 3.8) is 0 Å². The Morgan fingerprint density at radius 1 is 0.429 bits per heavy atom. The zero-order chi connectivity index (χ0) is 4.24. The summed E-state index contributed by atoms with van der Waals surface area (Å²) in [5.41, 5.74) is 0. The Kier molecular flexibility index (Phi) is 3.03. The highest BCUT2D eigenvalue weighted by Crippen LogP contribution is 1.79. The largest absolute Gasteiger partial charge is 0.0776 e. The second-order valence-corrected chi connectivity index (χ2v) is 1.15. The van der Waals surface area contributed by atoms with E-state index < -0.39 is 0 Å². The first kappa shape index (κ1) is 6.22. The molecule has 0 amide bonds. The number of benzene rings is 1. The molecule has 0 heteroatoms. The van der Waals surface area contributed by atoms with Crippen LogP contribution in [0.1, 0.15) is 7.43 Å². The topological polar surface area (TPSA) is 0 Å². The summed E-state index contributed by atoms with van der Waals surface area (Å²) < 4.78 is 0. The molecule has 0 radical (unpaired) electrons. The van der Waals surface area contributed by atoms with E-state index in [0.717, 1.165) is 0 Å². The fraction of sp³-hybridized carbons (Fsp3) is 0.143. The van der Waals surface area contributed by atoms with Crippen LogP contribution in [0.15, 0.2) is 36.4 Å². The molecule has 0 aliphatic rings. The first-order valence-corrected chi connectivity index (χ1v) is 2.00. The van der Waals surface area contributed by atoms with E-state index in [0.29, 0.717) is 0 Å². The van der Waals surface area contributed by atoms with Gasteiger partial charge in [-0.1, -0.05) is 43.8 Å². The van der Waals surface area contributed by atoms with Crippen molar-refractivity contribution in [2.24, 2.45) is 0 Å². The standard InChI is InChI=1S/C6H6.CH4/c1-2-4-6-5-3-1;/h1-6H;1H4. The van der Waals surface area contributed by atoms with Gasteiger partial charge >= 0.3 is 0 Å². The van der Waals surface area contributed by atoms with Gasteiger partial charge < -0.3 is 0 Å². The molecule has 0 aliphatic carbocycles. The van der Waals surface area contributed by atoms with Crippen molar-refractivity contribution in [3.05, 3.63) is 36.4 Å². The van der Waals surface area contributed by atoms with E-state index in [1.807, 2.05) is 36.4 Å². The second kappa shape index (κ2) is 3.41. The van der Waals surface area contributed by atoms with E-state index in [2.05, 4.69) is 0 Å². The van der Waals surface area contributed by atoms with Gasteiger partial charge in [0.05, 0.1) is 0 Å². The van der Waals surface area contributed by atoms with E-state index in [4.69, 9.17) is 0 Å². The maximum atomic E-state index is 2.00. The molecule has 0 atom stereocenters. The Morgan fingerprint density at radius 3 is 0.714 bits per heavy atom. The lowest BCUT2D eigenvalue weighted by molar-refractivity contribution is 1.72. The van der Waals surface area contributed by atoms with E-state index >= 15 is 0 Å². The summed E-state index contributed by atoms with van der Waals surface area (Å²) in [7, 11) is 0. The van der Waals surface area contributed by atoms with Crippen LogP contribution in [0, 0.1) is 0 Å². The molecule has 0 nitrogen and oxygen atoms in total. The average molecular weight is 94.2 g/mol. The molecule has 7 heavy (non-hydrogen) atoms. The zero-order valence-electron chi connectivity index (χ0n) is 3.46. The number of hydrogen-bond donors (Lipinski definition) is 0. The van der Waals surface area contributed by atoms with Gasteiger partial charge in [0.2, 0.25) is 0 Å². The van der Waals surface area contributed by atoms with E-state index in [1.165, 1.54) is 0 Å². The summed E-state index contributed by atoms with van der Waals surface area (Å²) in [5, 5.41) is 0. The Bertz CT molecular complexity index is 72.0. The van der Waals surface area contributed by atoms with Crippen LogP contribution in [-0.2, 0) is 0 Å². The molecule has 0 bridgehead atoms. The molecule has 38 valence electrons. The van der Waals surface area contributed by atoms with Gasteiger partial charge in [-0.2, -0.15) is 0 Å². The molecule has 0 aromatic heterocycles. The fourth-order valence-corrected chi connectivity index (χ4v) is 0.385. The van der Waals surface area contributed by atoms with Gasteiger partial charge in [0, 0.05) is 0 Å². The van der Waals surface area contributed by atoms with E-state index in [9.17, 15) is 0 Å². The van der Waals surface area contributed by atoms with Crippen molar-refractivity contribution >= 4 is 0 Å². The molecule has 0 saturated heterocycles. The van der Waals surface area contributed by atoms with Gasteiger partial charge in [0.1, 0.15) is 0 Å². The van der Waals surface area contributed by atoms with Gasteiger partial charge in [-0.25, -0.2) is 0 Å². The minimum Gasteiger partial charge on any atom is -0.0776 e. The smallest absolute Gasteiger partial charge is 0.0623 e.